The zero-order valence-electron chi connectivity index (χ0n) is 26.0. The third-order valence-corrected chi connectivity index (χ3v) is 5.71. The second kappa shape index (κ2) is 21.0. The Morgan fingerprint density at radius 2 is 1.12 bits per heavy atom. The van der Waals surface area contributed by atoms with Crippen LogP contribution in [0, 0.1) is 0 Å². The molecule has 1 amide bonds. The maximum Gasteiger partial charge on any atom is 0.490 e. The standard InChI is InChI=1S/C23H26N4O3.3C2HF3O2/c1-26-13-15-27(16-14-26)17-18-5-2-3-8-21(18)22(28)11-9-19-6-4-7-20(24-19)10-12-23(29)25-30;3*3-2(4,5)1(6)7/h2-12,30H,13-17H2,1H3,(H,25,29);3*(H,6,7)/b11-9+,12-10+;;;. The number of carboxylic acids is 3. The zero-order chi connectivity index (χ0) is 39.6. The Bertz CT molecular complexity index is 1480. The smallest absolute Gasteiger partial charge is 0.475 e. The van der Waals surface area contributed by atoms with Gasteiger partial charge < -0.3 is 20.2 Å². The maximum absolute atomic E-state index is 12.8. The fourth-order valence-electron chi connectivity index (χ4n) is 3.25. The van der Waals surface area contributed by atoms with Gasteiger partial charge in [0.15, 0.2) is 5.78 Å². The average Bonchev–Trinajstić information content (AvgIpc) is 3.03. The highest BCUT2D eigenvalue weighted by Crippen LogP contribution is 2.16. The molecular formula is C29H29F9N4O9. The molecule has 0 aliphatic carbocycles. The summed E-state index contributed by atoms with van der Waals surface area (Å²) in [6.45, 7) is 4.81. The van der Waals surface area contributed by atoms with E-state index in [0.717, 1.165) is 38.3 Å². The Morgan fingerprint density at radius 3 is 1.53 bits per heavy atom. The number of amides is 1. The number of halogens is 9. The van der Waals surface area contributed by atoms with Crippen molar-refractivity contribution in [2.24, 2.45) is 0 Å². The lowest BCUT2D eigenvalue weighted by atomic mass is 10.0. The van der Waals surface area contributed by atoms with E-state index in [-0.39, 0.29) is 5.78 Å². The SMILES string of the molecule is CN1CCN(Cc2ccccc2C(=O)/C=C/c2cccc(/C=C/C(=O)NO)n2)CC1.O=C(O)C(F)(F)F.O=C(O)C(F)(F)F.O=C(O)C(F)(F)F. The van der Waals surface area contributed by atoms with Crippen LogP contribution in [0.4, 0.5) is 39.5 Å². The van der Waals surface area contributed by atoms with Gasteiger partial charge >= 0.3 is 36.4 Å². The van der Waals surface area contributed by atoms with Crippen LogP contribution in [0.1, 0.15) is 27.3 Å². The molecule has 1 aromatic carbocycles. The van der Waals surface area contributed by atoms with Crippen molar-refractivity contribution in [2.45, 2.75) is 25.1 Å². The van der Waals surface area contributed by atoms with Crippen molar-refractivity contribution >= 4 is 41.8 Å². The number of carboxylic acid groups (broad SMARTS) is 3. The summed E-state index contributed by atoms with van der Waals surface area (Å²) in [7, 11) is 2.12. The fourth-order valence-corrected chi connectivity index (χ4v) is 3.25. The van der Waals surface area contributed by atoms with E-state index >= 15 is 0 Å². The molecule has 1 fully saturated rings. The van der Waals surface area contributed by atoms with Crippen molar-refractivity contribution in [1.82, 2.24) is 20.3 Å². The Kier molecular flexibility index (Phi) is 18.8. The average molecular weight is 749 g/mol. The van der Waals surface area contributed by atoms with Gasteiger partial charge in [0.25, 0.3) is 5.91 Å². The number of hydrogen-bond donors (Lipinski definition) is 5. The van der Waals surface area contributed by atoms with Gasteiger partial charge in [0, 0.05) is 44.4 Å². The minimum atomic E-state index is -5.08. The lowest BCUT2D eigenvalue weighted by Crippen LogP contribution is -2.44. The van der Waals surface area contributed by atoms with E-state index in [9.17, 15) is 49.1 Å². The quantitative estimate of drug-likeness (QED) is 0.0894. The molecule has 5 N–H and O–H groups in total. The summed E-state index contributed by atoms with van der Waals surface area (Å²) in [5.74, 6) is -8.97. The van der Waals surface area contributed by atoms with E-state index in [1.165, 1.54) is 23.7 Å². The van der Waals surface area contributed by atoms with Gasteiger partial charge in [-0.15, -0.1) is 0 Å². The van der Waals surface area contributed by atoms with Crippen LogP contribution in [0.25, 0.3) is 12.2 Å². The molecule has 282 valence electrons. The number of hydroxylamine groups is 1. The largest absolute Gasteiger partial charge is 0.490 e. The molecule has 1 aliphatic heterocycles. The summed E-state index contributed by atoms with van der Waals surface area (Å²) < 4.78 is 95.2. The topological polar surface area (TPSA) is 198 Å². The molecule has 1 aromatic heterocycles. The number of rotatable bonds is 7. The van der Waals surface area contributed by atoms with Crippen molar-refractivity contribution in [3.63, 3.8) is 0 Å². The zero-order valence-corrected chi connectivity index (χ0v) is 26.0. The molecule has 0 radical (unpaired) electrons. The monoisotopic (exact) mass is 748 g/mol. The van der Waals surface area contributed by atoms with Gasteiger partial charge in [-0.2, -0.15) is 39.5 Å². The van der Waals surface area contributed by atoms with Gasteiger partial charge in [0.1, 0.15) is 0 Å². The molecule has 22 heteroatoms. The molecule has 2 heterocycles. The number of aromatic nitrogens is 1. The summed E-state index contributed by atoms with van der Waals surface area (Å²) in [6.07, 6.45) is -9.40. The summed E-state index contributed by atoms with van der Waals surface area (Å²) in [5, 5.41) is 29.9. The van der Waals surface area contributed by atoms with Crippen molar-refractivity contribution in [3.05, 3.63) is 77.1 Å². The first-order valence-corrected chi connectivity index (χ1v) is 13.6. The molecular weight excluding hydrogens is 719 g/mol. The third-order valence-electron chi connectivity index (χ3n) is 5.71. The van der Waals surface area contributed by atoms with Crippen molar-refractivity contribution < 1.29 is 84.0 Å². The van der Waals surface area contributed by atoms with Gasteiger partial charge in [-0.3, -0.25) is 19.7 Å². The summed E-state index contributed by atoms with van der Waals surface area (Å²) >= 11 is 0. The second-order valence-corrected chi connectivity index (χ2v) is 9.64. The first-order valence-electron chi connectivity index (χ1n) is 13.6. The van der Waals surface area contributed by atoms with Gasteiger partial charge in [0.05, 0.1) is 11.4 Å². The van der Waals surface area contributed by atoms with Crippen LogP contribution in [0.15, 0.2) is 54.6 Å². The molecule has 0 atom stereocenters. The van der Waals surface area contributed by atoms with E-state index in [1.807, 2.05) is 24.3 Å². The van der Waals surface area contributed by atoms with Crippen LogP contribution in [0.5, 0.6) is 0 Å². The van der Waals surface area contributed by atoms with E-state index in [4.69, 9.17) is 34.9 Å². The molecule has 0 saturated carbocycles. The fraction of sp³-hybridized carbons (Fsp3) is 0.310. The van der Waals surface area contributed by atoms with Crippen LogP contribution in [0.2, 0.25) is 0 Å². The number of alkyl halides is 9. The molecule has 0 unspecified atom stereocenters. The Labute approximate surface area is 281 Å². The molecule has 2 aromatic rings. The van der Waals surface area contributed by atoms with E-state index in [1.54, 1.807) is 24.3 Å². The first-order chi connectivity index (χ1) is 23.4. The lowest BCUT2D eigenvalue weighted by molar-refractivity contribution is -0.193. The van der Waals surface area contributed by atoms with Gasteiger partial charge in [-0.05, 0) is 43.0 Å². The number of aliphatic carboxylic acids is 3. The molecule has 3 rings (SSSR count). The van der Waals surface area contributed by atoms with E-state index in [2.05, 4.69) is 21.8 Å². The third kappa shape index (κ3) is 20.0. The van der Waals surface area contributed by atoms with Crippen LogP contribution in [-0.2, 0) is 25.7 Å². The number of nitrogens with one attached hydrogen (secondary N) is 1. The minimum absolute atomic E-state index is 0.0675. The molecule has 0 bridgehead atoms. The Morgan fingerprint density at radius 1 is 0.706 bits per heavy atom. The number of hydrogen-bond acceptors (Lipinski definition) is 9. The minimum Gasteiger partial charge on any atom is -0.475 e. The van der Waals surface area contributed by atoms with E-state index in [0.29, 0.717) is 17.0 Å². The van der Waals surface area contributed by atoms with Crippen molar-refractivity contribution in [2.75, 3.05) is 33.2 Å². The summed E-state index contributed by atoms with van der Waals surface area (Å²) in [5.41, 5.74) is 4.40. The Balaban J connectivity index is 0.000000966. The lowest BCUT2D eigenvalue weighted by Gasteiger charge is -2.32. The normalized spacial score (nSPS) is 13.9. The van der Waals surface area contributed by atoms with Crippen LogP contribution < -0.4 is 5.48 Å². The van der Waals surface area contributed by atoms with Crippen LogP contribution >= 0.6 is 0 Å². The van der Waals surface area contributed by atoms with E-state index < -0.39 is 42.3 Å². The summed E-state index contributed by atoms with van der Waals surface area (Å²) in [4.78, 5) is 59.7. The highest BCUT2D eigenvalue weighted by molar-refractivity contribution is 6.07. The molecule has 1 aliphatic rings. The first kappa shape index (κ1) is 45.6. The van der Waals surface area contributed by atoms with Gasteiger partial charge in [0.2, 0.25) is 0 Å². The number of benzene rings is 1. The number of likely N-dealkylation sites (N-methyl/N-ethyl adjacent to an activating group) is 1. The maximum atomic E-state index is 12.8. The number of piperazine rings is 1. The second-order valence-electron chi connectivity index (χ2n) is 9.64. The van der Waals surface area contributed by atoms with Crippen molar-refractivity contribution in [1.29, 1.82) is 0 Å². The summed E-state index contributed by atoms with van der Waals surface area (Å²) in [6, 6.07) is 13.0. The number of nitrogens with zero attached hydrogens (tertiary/aromatic N) is 3. The van der Waals surface area contributed by atoms with Gasteiger partial charge in [-0.1, -0.05) is 30.3 Å². The highest BCUT2D eigenvalue weighted by Gasteiger charge is 2.39. The number of ketones is 1. The molecule has 13 nitrogen and oxygen atoms in total. The van der Waals surface area contributed by atoms with Crippen LogP contribution in [0.3, 0.4) is 0 Å². The number of carbonyl (C=O) groups excluding carboxylic acids is 2. The molecule has 1 saturated heterocycles. The number of carbonyl (C=O) groups is 5. The Hall–Kier alpha value is -5.35. The molecule has 51 heavy (non-hydrogen) atoms. The number of allylic oxidation sites excluding steroid dienone is 1. The highest BCUT2D eigenvalue weighted by atomic mass is 19.4. The molecule has 0 spiro atoms. The number of pyridine rings is 1. The predicted molar refractivity (Wildman–Crippen MR) is 157 cm³/mol. The predicted octanol–water partition coefficient (Wildman–Crippen LogP) is 4.14. The van der Waals surface area contributed by atoms with Crippen LogP contribution in [-0.4, -0.2) is 117 Å². The van der Waals surface area contributed by atoms with Crippen molar-refractivity contribution in [3.8, 4) is 0 Å². The van der Waals surface area contributed by atoms with Gasteiger partial charge in [-0.25, -0.2) is 24.8 Å².